The molecule has 0 aromatic carbocycles. The molecule has 2 atom stereocenters. The van der Waals surface area contributed by atoms with Crippen LogP contribution >= 0.6 is 21.6 Å². The lowest BCUT2D eigenvalue weighted by Crippen LogP contribution is -2.47. The number of carbonyl (C=O) groups excluding carboxylic acids is 6. The van der Waals surface area contributed by atoms with Gasteiger partial charge >= 0.3 is 11.9 Å². The van der Waals surface area contributed by atoms with Gasteiger partial charge in [0.1, 0.15) is 23.5 Å². The first-order valence-electron chi connectivity index (χ1n) is 9.77. The van der Waals surface area contributed by atoms with Gasteiger partial charge in [-0.25, -0.2) is 14.6 Å². The van der Waals surface area contributed by atoms with Gasteiger partial charge < -0.3 is 30.7 Å². The highest BCUT2D eigenvalue weighted by Crippen LogP contribution is 2.23. The highest BCUT2D eigenvalue weighted by molar-refractivity contribution is 8.76. The molecule has 0 fully saturated rings. The van der Waals surface area contributed by atoms with Crippen LogP contribution in [-0.2, 0) is 28.7 Å². The number of esters is 2. The fourth-order valence-corrected chi connectivity index (χ4v) is 4.83. The van der Waals surface area contributed by atoms with Crippen molar-refractivity contribution in [3.05, 3.63) is 29.6 Å². The van der Waals surface area contributed by atoms with Crippen LogP contribution in [0.1, 0.15) is 21.0 Å². The standard InChI is InChI=1S/C19H23N5O8S2/c1-31-18(29)12-8-33-34-9-13(19(30)32-2)24-15(26)7-21-17(28)11-5-3-4-10(22-11)16(27)20-6-14(25)23-12/h3-5,12-13H,6-9H2,1-2H3,(H,20,27)(H,21,28)(H,23,25)(H,24,26). The first-order valence-corrected chi connectivity index (χ1v) is 12.3. The maximum absolute atomic E-state index is 12.3. The Labute approximate surface area is 202 Å². The van der Waals surface area contributed by atoms with Gasteiger partial charge in [0.05, 0.1) is 27.3 Å². The van der Waals surface area contributed by atoms with Gasteiger partial charge in [-0.3, -0.25) is 19.2 Å². The van der Waals surface area contributed by atoms with E-state index in [2.05, 4.69) is 26.3 Å². The van der Waals surface area contributed by atoms with Crippen molar-refractivity contribution < 1.29 is 38.2 Å². The van der Waals surface area contributed by atoms with Crippen LogP contribution in [0.2, 0.25) is 0 Å². The van der Waals surface area contributed by atoms with Gasteiger partial charge in [0.15, 0.2) is 0 Å². The number of hydrogen-bond donors (Lipinski definition) is 4. The van der Waals surface area contributed by atoms with Crippen LogP contribution in [0, 0.1) is 0 Å². The SMILES string of the molecule is COC(=O)C1CSSCC(C(=O)OC)NC(=O)CNC(=O)c2cccc(n2)C(=O)NCC(=O)N1. The summed E-state index contributed by atoms with van der Waals surface area (Å²) < 4.78 is 9.39. The number of hydrogen-bond acceptors (Lipinski definition) is 11. The van der Waals surface area contributed by atoms with Crippen LogP contribution in [0.25, 0.3) is 0 Å². The quantitative estimate of drug-likeness (QED) is 0.260. The summed E-state index contributed by atoms with van der Waals surface area (Å²) in [4.78, 5) is 77.1. The number of amides is 4. The molecule has 4 N–H and O–H groups in total. The maximum atomic E-state index is 12.3. The number of methoxy groups -OCH3 is 2. The van der Waals surface area contributed by atoms with Crippen LogP contribution in [-0.4, -0.2) is 91.4 Å². The Morgan fingerprint density at radius 2 is 1.24 bits per heavy atom. The lowest BCUT2D eigenvalue weighted by Gasteiger charge is -2.18. The van der Waals surface area contributed by atoms with E-state index in [1.165, 1.54) is 32.4 Å². The van der Waals surface area contributed by atoms with Crippen LogP contribution in [0.5, 0.6) is 0 Å². The molecule has 0 aliphatic carbocycles. The van der Waals surface area contributed by atoms with Crippen molar-refractivity contribution in [2.75, 3.05) is 38.8 Å². The predicted molar refractivity (Wildman–Crippen MR) is 122 cm³/mol. The van der Waals surface area contributed by atoms with Crippen molar-refractivity contribution in [3.63, 3.8) is 0 Å². The Balaban J connectivity index is 2.23. The molecule has 0 radical (unpaired) electrons. The minimum absolute atomic E-state index is 0.0819. The van der Waals surface area contributed by atoms with Crippen molar-refractivity contribution >= 4 is 57.2 Å². The van der Waals surface area contributed by atoms with E-state index in [4.69, 9.17) is 9.47 Å². The molecule has 1 aromatic rings. The molecular formula is C19H23N5O8S2. The number of nitrogens with zero attached hydrogens (tertiary/aromatic N) is 1. The third kappa shape index (κ3) is 8.22. The normalized spacial score (nSPS) is 20.8. The number of pyridine rings is 1. The van der Waals surface area contributed by atoms with Crippen LogP contribution in [0.15, 0.2) is 18.2 Å². The molecule has 2 rings (SSSR count). The van der Waals surface area contributed by atoms with E-state index in [0.717, 1.165) is 21.6 Å². The minimum atomic E-state index is -1.02. The van der Waals surface area contributed by atoms with Gasteiger partial charge in [-0.15, -0.1) is 0 Å². The average Bonchev–Trinajstić information content (AvgIpc) is 2.85. The Morgan fingerprint density at radius 1 is 0.824 bits per heavy atom. The molecule has 0 saturated carbocycles. The Kier molecular flexibility index (Phi) is 10.6. The van der Waals surface area contributed by atoms with Crippen molar-refractivity contribution in [2.45, 2.75) is 12.1 Å². The predicted octanol–water partition coefficient (Wildman–Crippen LogP) is -1.75. The van der Waals surface area contributed by atoms with Crippen molar-refractivity contribution in [1.82, 2.24) is 26.3 Å². The lowest BCUT2D eigenvalue weighted by atomic mass is 10.2. The first kappa shape index (κ1) is 26.9. The summed E-state index contributed by atoms with van der Waals surface area (Å²) in [7, 11) is 4.63. The molecule has 2 bridgehead atoms. The molecule has 34 heavy (non-hydrogen) atoms. The summed E-state index contributed by atoms with van der Waals surface area (Å²) in [6.45, 7) is -0.907. The highest BCUT2D eigenvalue weighted by Gasteiger charge is 2.25. The van der Waals surface area contributed by atoms with Gasteiger partial charge in [-0.2, -0.15) is 0 Å². The maximum Gasteiger partial charge on any atom is 0.329 e. The molecule has 0 spiro atoms. The van der Waals surface area contributed by atoms with Gasteiger partial charge in [-0.1, -0.05) is 27.7 Å². The smallest absolute Gasteiger partial charge is 0.329 e. The molecular weight excluding hydrogens is 490 g/mol. The zero-order chi connectivity index (χ0) is 25.1. The molecule has 13 nitrogen and oxygen atoms in total. The fourth-order valence-electron chi connectivity index (χ4n) is 2.53. The number of nitrogens with one attached hydrogen (secondary N) is 4. The van der Waals surface area contributed by atoms with Crippen molar-refractivity contribution in [3.8, 4) is 0 Å². The van der Waals surface area contributed by atoms with E-state index < -0.39 is 60.7 Å². The molecule has 4 amide bonds. The molecule has 2 heterocycles. The number of ether oxygens (including phenoxy) is 2. The molecule has 1 aliphatic heterocycles. The topological polar surface area (TPSA) is 182 Å². The number of aromatic nitrogens is 1. The summed E-state index contributed by atoms with van der Waals surface area (Å²) in [5, 5.41) is 9.63. The second-order valence-corrected chi connectivity index (χ2v) is 9.18. The summed E-state index contributed by atoms with van der Waals surface area (Å²) in [6, 6.07) is 2.04. The second kappa shape index (κ2) is 13.4. The zero-order valence-corrected chi connectivity index (χ0v) is 19.9. The van der Waals surface area contributed by atoms with Gasteiger partial charge in [-0.05, 0) is 12.1 Å². The number of fused-ring (bicyclic) bond motifs is 2. The summed E-state index contributed by atoms with van der Waals surface area (Å²) >= 11 is 0. The zero-order valence-electron chi connectivity index (χ0n) is 18.2. The Hall–Kier alpha value is -3.33. The number of carbonyl (C=O) groups is 6. The summed E-state index contributed by atoms with van der Waals surface area (Å²) in [6.07, 6.45) is 0. The molecule has 15 heteroatoms. The van der Waals surface area contributed by atoms with Crippen molar-refractivity contribution in [2.24, 2.45) is 0 Å². The first-order chi connectivity index (χ1) is 16.2. The van der Waals surface area contributed by atoms with E-state index in [1.54, 1.807) is 0 Å². The average molecular weight is 514 g/mol. The van der Waals surface area contributed by atoms with E-state index in [-0.39, 0.29) is 22.9 Å². The molecule has 184 valence electrons. The molecule has 1 aliphatic rings. The van der Waals surface area contributed by atoms with Crippen LogP contribution < -0.4 is 21.3 Å². The minimum Gasteiger partial charge on any atom is -0.467 e. The van der Waals surface area contributed by atoms with E-state index in [1.807, 2.05) is 0 Å². The monoisotopic (exact) mass is 513 g/mol. The largest absolute Gasteiger partial charge is 0.467 e. The van der Waals surface area contributed by atoms with E-state index in [9.17, 15) is 28.8 Å². The summed E-state index contributed by atoms with van der Waals surface area (Å²) in [5.41, 5.74) is -0.268. The lowest BCUT2D eigenvalue weighted by molar-refractivity contribution is -0.144. The molecule has 2 unspecified atom stereocenters. The Morgan fingerprint density at radius 3 is 1.62 bits per heavy atom. The molecule has 0 saturated heterocycles. The molecule has 1 aromatic heterocycles. The Bertz CT molecular complexity index is 889. The van der Waals surface area contributed by atoms with Gasteiger partial charge in [0.2, 0.25) is 11.8 Å². The third-order valence-electron chi connectivity index (χ3n) is 4.23. The van der Waals surface area contributed by atoms with E-state index >= 15 is 0 Å². The highest BCUT2D eigenvalue weighted by atomic mass is 33.1. The fraction of sp³-hybridized carbons (Fsp3) is 0.421. The van der Waals surface area contributed by atoms with Gasteiger partial charge in [0, 0.05) is 11.5 Å². The summed E-state index contributed by atoms with van der Waals surface area (Å²) in [5.74, 6) is -3.98. The van der Waals surface area contributed by atoms with Crippen molar-refractivity contribution in [1.29, 1.82) is 0 Å². The third-order valence-corrected chi connectivity index (χ3v) is 6.65. The van der Waals surface area contributed by atoms with Crippen LogP contribution in [0.4, 0.5) is 0 Å². The van der Waals surface area contributed by atoms with Crippen LogP contribution in [0.3, 0.4) is 0 Å². The van der Waals surface area contributed by atoms with E-state index in [0.29, 0.717) is 0 Å². The van der Waals surface area contributed by atoms with Gasteiger partial charge in [0.25, 0.3) is 11.8 Å². The number of rotatable bonds is 2. The second-order valence-electron chi connectivity index (χ2n) is 6.63.